The second kappa shape index (κ2) is 3.71. The largest absolute Gasteiger partial charge is 0.491 e. The van der Waals surface area contributed by atoms with Crippen molar-refractivity contribution in [3.05, 3.63) is 24.9 Å². The molecule has 0 N–H and O–H groups in total. The zero-order chi connectivity index (χ0) is 10.7. The zero-order valence-electron chi connectivity index (χ0n) is 6.15. The predicted octanol–water partition coefficient (Wildman–Crippen LogP) is 3.03. The minimum atomic E-state index is -5.47. The van der Waals surface area contributed by atoms with Crippen LogP contribution in [0.25, 0.3) is 0 Å². The van der Waals surface area contributed by atoms with Gasteiger partial charge in [-0.25, -0.2) is 4.90 Å². The molecule has 0 bridgehead atoms. The van der Waals surface area contributed by atoms with Crippen LogP contribution in [-0.4, -0.2) is 17.5 Å². The first-order valence-corrected chi connectivity index (χ1v) is 2.91. The molecule has 0 saturated carbocycles. The van der Waals surface area contributed by atoms with E-state index in [1.54, 1.807) is 0 Å². The van der Waals surface area contributed by atoms with Crippen molar-refractivity contribution >= 4 is 0 Å². The van der Waals surface area contributed by atoms with Crippen molar-refractivity contribution in [1.29, 1.82) is 0 Å². The number of halogens is 6. The maximum absolute atomic E-state index is 11.7. The summed E-state index contributed by atoms with van der Waals surface area (Å²) in [5.41, 5.74) is 0. The van der Waals surface area contributed by atoms with Crippen LogP contribution in [0.1, 0.15) is 0 Å². The molecule has 0 amide bonds. The van der Waals surface area contributed by atoms with Gasteiger partial charge in [0.1, 0.15) is 0 Å². The Morgan fingerprint density at radius 2 is 1.31 bits per heavy atom. The third kappa shape index (κ3) is 3.86. The van der Waals surface area contributed by atoms with Crippen molar-refractivity contribution in [3.63, 3.8) is 0 Å². The molecule has 7 heteroatoms. The molecule has 0 aromatic heterocycles. The molecule has 0 unspecified atom stereocenters. The van der Waals surface area contributed by atoms with Crippen molar-refractivity contribution < 1.29 is 26.3 Å². The molecule has 0 fully saturated rings. The topological polar surface area (TPSA) is 3.24 Å². The van der Waals surface area contributed by atoms with Gasteiger partial charge in [-0.15, -0.1) is 26.3 Å². The van der Waals surface area contributed by atoms with E-state index >= 15 is 0 Å². The monoisotopic (exact) mass is 205 g/mol. The molecule has 0 aromatic rings. The summed E-state index contributed by atoms with van der Waals surface area (Å²) in [5.74, 6) is 0. The Labute approximate surface area is 69.9 Å². The third-order valence-corrected chi connectivity index (χ3v) is 0.918. The highest BCUT2D eigenvalue weighted by Crippen LogP contribution is 2.33. The molecule has 13 heavy (non-hydrogen) atoms. The van der Waals surface area contributed by atoms with Gasteiger partial charge in [-0.2, -0.15) is 0 Å². The molecule has 0 rings (SSSR count). The van der Waals surface area contributed by atoms with E-state index in [1.807, 2.05) is 0 Å². The molecular weight excluding hydrogens is 200 g/mol. The molecule has 0 radical (unpaired) electrons. The second-order valence-corrected chi connectivity index (χ2v) is 1.88. The summed E-state index contributed by atoms with van der Waals surface area (Å²) in [7, 11) is 0. The average Bonchev–Trinajstić information content (AvgIpc) is 1.81. The molecule has 0 saturated heterocycles. The van der Waals surface area contributed by atoms with Crippen molar-refractivity contribution in [2.24, 2.45) is 0 Å². The van der Waals surface area contributed by atoms with Gasteiger partial charge in [-0.3, -0.25) is 0 Å². The highest BCUT2D eigenvalue weighted by Gasteiger charge is 2.51. The van der Waals surface area contributed by atoms with Crippen molar-refractivity contribution in [1.82, 2.24) is 4.90 Å². The lowest BCUT2D eigenvalue weighted by molar-refractivity contribution is -0.353. The highest BCUT2D eigenvalue weighted by atomic mass is 19.4. The van der Waals surface area contributed by atoms with Crippen LogP contribution >= 0.6 is 0 Å². The lowest BCUT2D eigenvalue weighted by Crippen LogP contribution is -2.43. The molecule has 0 aliphatic rings. The molecule has 0 aromatic carbocycles. The van der Waals surface area contributed by atoms with Gasteiger partial charge in [0.15, 0.2) is 0 Å². The van der Waals surface area contributed by atoms with Gasteiger partial charge in [0.25, 0.3) is 0 Å². The third-order valence-electron chi connectivity index (χ3n) is 0.918. The summed E-state index contributed by atoms with van der Waals surface area (Å²) in [6, 6.07) is 0. The van der Waals surface area contributed by atoms with Crippen LogP contribution in [0.2, 0.25) is 0 Å². The van der Waals surface area contributed by atoms with Gasteiger partial charge in [0, 0.05) is 6.20 Å². The van der Waals surface area contributed by atoms with E-state index in [-0.39, 0.29) is 6.20 Å². The molecular formula is C6H5F6N. The van der Waals surface area contributed by atoms with Crippen LogP contribution < -0.4 is 0 Å². The van der Waals surface area contributed by atoms with Crippen molar-refractivity contribution in [3.8, 4) is 0 Å². The molecule has 0 aliphatic heterocycles. The predicted molar refractivity (Wildman–Crippen MR) is 33.3 cm³/mol. The Kier molecular flexibility index (Phi) is 3.39. The fourth-order valence-electron chi connectivity index (χ4n) is 0.460. The first-order valence-electron chi connectivity index (χ1n) is 2.91. The Hall–Kier alpha value is -1.14. The summed E-state index contributed by atoms with van der Waals surface area (Å²) < 4.78 is 70.0. The first-order chi connectivity index (χ1) is 5.69. The van der Waals surface area contributed by atoms with Gasteiger partial charge in [0.2, 0.25) is 0 Å². The second-order valence-electron chi connectivity index (χ2n) is 1.88. The van der Waals surface area contributed by atoms with E-state index in [0.29, 0.717) is 6.08 Å². The van der Waals surface area contributed by atoms with Crippen LogP contribution in [-0.2, 0) is 0 Å². The van der Waals surface area contributed by atoms with Gasteiger partial charge < -0.3 is 0 Å². The van der Waals surface area contributed by atoms with Crippen LogP contribution in [0.5, 0.6) is 0 Å². The zero-order valence-corrected chi connectivity index (χ0v) is 6.15. The van der Waals surface area contributed by atoms with Crippen LogP contribution in [0.3, 0.4) is 0 Å². The minimum Gasteiger partial charge on any atom is -0.200 e. The number of hydrogen-bond donors (Lipinski definition) is 0. The Morgan fingerprint density at radius 3 is 1.54 bits per heavy atom. The van der Waals surface area contributed by atoms with Crippen molar-refractivity contribution in [2.45, 2.75) is 12.6 Å². The van der Waals surface area contributed by atoms with E-state index in [0.717, 1.165) is 6.08 Å². The Morgan fingerprint density at radius 1 is 0.923 bits per heavy atom. The Bertz CT molecular complexity index is 186. The number of allylic oxidation sites excluding steroid dienone is 2. The maximum atomic E-state index is 11.7. The molecule has 0 aliphatic carbocycles. The summed E-state index contributed by atoms with van der Waals surface area (Å²) in [4.78, 5) is -1.66. The lowest BCUT2D eigenvalue weighted by atomic mass is 10.5. The van der Waals surface area contributed by atoms with Crippen LogP contribution in [0.4, 0.5) is 26.3 Å². The highest BCUT2D eigenvalue weighted by molar-refractivity contribution is 4.98. The van der Waals surface area contributed by atoms with E-state index in [1.165, 1.54) is 0 Å². The molecule has 76 valence electrons. The van der Waals surface area contributed by atoms with Gasteiger partial charge in [-0.05, 0) is 6.08 Å². The fourth-order valence-corrected chi connectivity index (χ4v) is 0.460. The SMILES string of the molecule is C=C/C=C\N(C(F)(F)F)C(F)(F)F. The summed E-state index contributed by atoms with van der Waals surface area (Å²) in [6.45, 7) is 2.95. The van der Waals surface area contributed by atoms with E-state index in [9.17, 15) is 26.3 Å². The Balaban J connectivity index is 4.77. The number of rotatable bonds is 2. The number of nitrogens with zero attached hydrogens (tertiary/aromatic N) is 1. The number of alkyl halides is 6. The quantitative estimate of drug-likeness (QED) is 0.380. The van der Waals surface area contributed by atoms with Crippen LogP contribution in [0.15, 0.2) is 24.9 Å². The minimum absolute atomic E-state index is 0.146. The number of hydrogen-bond acceptors (Lipinski definition) is 1. The van der Waals surface area contributed by atoms with E-state index < -0.39 is 17.5 Å². The molecule has 1 nitrogen and oxygen atoms in total. The normalized spacial score (nSPS) is 13.4. The van der Waals surface area contributed by atoms with Crippen LogP contribution in [0, 0.1) is 0 Å². The summed E-state index contributed by atoms with van der Waals surface area (Å²) in [5, 5.41) is 0. The first kappa shape index (κ1) is 11.9. The molecule has 0 spiro atoms. The average molecular weight is 205 g/mol. The van der Waals surface area contributed by atoms with Crippen molar-refractivity contribution in [2.75, 3.05) is 0 Å². The lowest BCUT2D eigenvalue weighted by Gasteiger charge is -2.24. The van der Waals surface area contributed by atoms with Gasteiger partial charge >= 0.3 is 12.6 Å². The molecule has 0 heterocycles. The molecule has 0 atom stereocenters. The van der Waals surface area contributed by atoms with Gasteiger partial charge in [0.05, 0.1) is 0 Å². The van der Waals surface area contributed by atoms with E-state index in [4.69, 9.17) is 0 Å². The summed E-state index contributed by atoms with van der Waals surface area (Å²) in [6.07, 6.45) is -9.74. The summed E-state index contributed by atoms with van der Waals surface area (Å²) >= 11 is 0. The smallest absolute Gasteiger partial charge is 0.200 e. The van der Waals surface area contributed by atoms with Gasteiger partial charge in [-0.1, -0.05) is 12.7 Å². The standard InChI is InChI=1S/C6H5F6N/c1-2-3-4-13(5(7,8)9)6(10,11)12/h2-4H,1H2/b4-3-. The maximum Gasteiger partial charge on any atom is 0.491 e. The fraction of sp³-hybridized carbons (Fsp3) is 0.333. The van der Waals surface area contributed by atoms with E-state index in [2.05, 4.69) is 6.58 Å².